The molecule has 1 aromatic carbocycles. The normalized spacial score (nSPS) is 12.6. The van der Waals surface area contributed by atoms with E-state index in [1.807, 2.05) is 32.9 Å². The fourth-order valence-corrected chi connectivity index (χ4v) is 1.49. The van der Waals surface area contributed by atoms with E-state index in [-0.39, 0.29) is 12.5 Å². The smallest absolute Gasteiger partial charge is 0.150 e. The third-order valence-electron chi connectivity index (χ3n) is 2.63. The lowest BCUT2D eigenvalue weighted by atomic mass is 9.93. The van der Waals surface area contributed by atoms with Crippen LogP contribution in [0, 0.1) is 13.8 Å². The maximum Gasteiger partial charge on any atom is 0.150 e. The van der Waals surface area contributed by atoms with Gasteiger partial charge in [-0.3, -0.25) is 4.79 Å². The fourth-order valence-electron chi connectivity index (χ4n) is 1.49. The average molecular weight is 192 g/mol. The molecular weight excluding hydrogens is 176 g/mol. The van der Waals surface area contributed by atoms with Crippen LogP contribution in [0.2, 0.25) is 0 Å². The third-order valence-corrected chi connectivity index (χ3v) is 2.63. The van der Waals surface area contributed by atoms with E-state index in [0.717, 1.165) is 23.0 Å². The first-order valence-electron chi connectivity index (χ1n) is 4.77. The Labute approximate surface area is 84.6 Å². The molecule has 0 radical (unpaired) electrons. The molecule has 0 heterocycles. The Kier molecular flexibility index (Phi) is 3.42. The second-order valence-electron chi connectivity index (χ2n) is 3.77. The largest absolute Gasteiger partial charge is 0.396 e. The summed E-state index contributed by atoms with van der Waals surface area (Å²) >= 11 is 0. The molecule has 0 aliphatic carbocycles. The van der Waals surface area contributed by atoms with E-state index in [2.05, 4.69) is 0 Å². The van der Waals surface area contributed by atoms with Crippen molar-refractivity contribution < 1.29 is 9.90 Å². The predicted octanol–water partition coefficient (Wildman–Crippen LogP) is 2.21. The molecule has 14 heavy (non-hydrogen) atoms. The van der Waals surface area contributed by atoms with Crippen LogP contribution in [-0.2, 0) is 0 Å². The maximum atomic E-state index is 10.8. The monoisotopic (exact) mass is 192 g/mol. The lowest BCUT2D eigenvalue weighted by molar-refractivity contribution is 0.112. The molecule has 76 valence electrons. The molecule has 0 fully saturated rings. The Morgan fingerprint density at radius 1 is 1.36 bits per heavy atom. The minimum Gasteiger partial charge on any atom is -0.396 e. The SMILES string of the molecule is Cc1cc(C=O)c(C(C)CO)cc1C. The van der Waals surface area contributed by atoms with Crippen molar-refractivity contribution in [2.24, 2.45) is 0 Å². The molecule has 1 atom stereocenters. The number of rotatable bonds is 3. The van der Waals surface area contributed by atoms with Crippen molar-refractivity contribution in [2.75, 3.05) is 6.61 Å². The number of aldehydes is 1. The van der Waals surface area contributed by atoms with Crippen molar-refractivity contribution in [2.45, 2.75) is 26.7 Å². The third kappa shape index (κ3) is 2.02. The molecule has 2 heteroatoms. The van der Waals surface area contributed by atoms with E-state index in [1.54, 1.807) is 0 Å². The molecule has 0 amide bonds. The van der Waals surface area contributed by atoms with Crippen molar-refractivity contribution in [1.82, 2.24) is 0 Å². The van der Waals surface area contributed by atoms with Gasteiger partial charge in [0.1, 0.15) is 6.29 Å². The summed E-state index contributed by atoms with van der Waals surface area (Å²) in [5.74, 6) is 0.0227. The highest BCUT2D eigenvalue weighted by molar-refractivity contribution is 5.78. The molecule has 0 aliphatic heterocycles. The van der Waals surface area contributed by atoms with Gasteiger partial charge in [-0.1, -0.05) is 13.0 Å². The molecule has 1 aromatic rings. The van der Waals surface area contributed by atoms with Crippen LogP contribution in [0.25, 0.3) is 0 Å². The second kappa shape index (κ2) is 4.38. The minimum atomic E-state index is 0.0227. The molecule has 0 saturated carbocycles. The van der Waals surface area contributed by atoms with Crippen molar-refractivity contribution in [3.05, 3.63) is 34.4 Å². The summed E-state index contributed by atoms with van der Waals surface area (Å²) in [6.45, 7) is 5.98. The highest BCUT2D eigenvalue weighted by Crippen LogP contribution is 2.22. The Hall–Kier alpha value is -1.15. The minimum absolute atomic E-state index is 0.0227. The number of benzene rings is 1. The summed E-state index contributed by atoms with van der Waals surface area (Å²) in [5.41, 5.74) is 3.90. The van der Waals surface area contributed by atoms with E-state index in [1.165, 1.54) is 0 Å². The zero-order valence-electron chi connectivity index (χ0n) is 8.87. The van der Waals surface area contributed by atoms with E-state index < -0.39 is 0 Å². The van der Waals surface area contributed by atoms with Crippen LogP contribution in [0.3, 0.4) is 0 Å². The molecule has 1 N–H and O–H groups in total. The first kappa shape index (κ1) is 10.9. The summed E-state index contributed by atoms with van der Waals surface area (Å²) in [5, 5.41) is 9.05. The van der Waals surface area contributed by atoms with E-state index >= 15 is 0 Å². The van der Waals surface area contributed by atoms with Gasteiger partial charge in [-0.2, -0.15) is 0 Å². The number of carbonyl (C=O) groups excluding carboxylic acids is 1. The number of aryl methyl sites for hydroxylation is 2. The lowest BCUT2D eigenvalue weighted by Gasteiger charge is -2.13. The van der Waals surface area contributed by atoms with Gasteiger partial charge in [0.15, 0.2) is 0 Å². The van der Waals surface area contributed by atoms with Crippen molar-refractivity contribution in [3.8, 4) is 0 Å². The Morgan fingerprint density at radius 2 is 1.93 bits per heavy atom. The second-order valence-corrected chi connectivity index (χ2v) is 3.77. The first-order valence-corrected chi connectivity index (χ1v) is 4.77. The highest BCUT2D eigenvalue weighted by atomic mass is 16.3. The maximum absolute atomic E-state index is 10.8. The zero-order chi connectivity index (χ0) is 10.7. The average Bonchev–Trinajstić information content (AvgIpc) is 2.20. The fraction of sp³-hybridized carbons (Fsp3) is 0.417. The molecule has 0 bridgehead atoms. The Balaban J connectivity index is 3.26. The quantitative estimate of drug-likeness (QED) is 0.745. The van der Waals surface area contributed by atoms with Gasteiger partial charge < -0.3 is 5.11 Å². The lowest BCUT2D eigenvalue weighted by Crippen LogP contribution is -2.04. The summed E-state index contributed by atoms with van der Waals surface area (Å²) in [6, 6.07) is 3.86. The number of aliphatic hydroxyl groups excluding tert-OH is 1. The summed E-state index contributed by atoms with van der Waals surface area (Å²) < 4.78 is 0. The first-order chi connectivity index (χ1) is 6.60. The van der Waals surface area contributed by atoms with Gasteiger partial charge in [0, 0.05) is 18.1 Å². The summed E-state index contributed by atoms with van der Waals surface area (Å²) in [4.78, 5) is 10.8. The molecule has 0 aromatic heterocycles. The van der Waals surface area contributed by atoms with Crippen molar-refractivity contribution in [3.63, 3.8) is 0 Å². The van der Waals surface area contributed by atoms with Gasteiger partial charge in [0.05, 0.1) is 0 Å². The van der Waals surface area contributed by atoms with Gasteiger partial charge in [0.25, 0.3) is 0 Å². The molecule has 0 saturated heterocycles. The molecule has 1 unspecified atom stereocenters. The van der Waals surface area contributed by atoms with Gasteiger partial charge in [0.2, 0.25) is 0 Å². The Morgan fingerprint density at radius 3 is 2.43 bits per heavy atom. The van der Waals surface area contributed by atoms with Gasteiger partial charge >= 0.3 is 0 Å². The Bertz CT molecular complexity index is 342. The number of carbonyl (C=O) groups is 1. The van der Waals surface area contributed by atoms with Crippen molar-refractivity contribution in [1.29, 1.82) is 0 Å². The van der Waals surface area contributed by atoms with Crippen LogP contribution >= 0.6 is 0 Å². The zero-order valence-corrected chi connectivity index (χ0v) is 8.87. The molecule has 0 spiro atoms. The molecular formula is C12H16O2. The van der Waals surface area contributed by atoms with Crippen LogP contribution in [0.15, 0.2) is 12.1 Å². The van der Waals surface area contributed by atoms with Crippen LogP contribution in [0.4, 0.5) is 0 Å². The molecule has 1 rings (SSSR count). The van der Waals surface area contributed by atoms with Gasteiger partial charge in [-0.15, -0.1) is 0 Å². The van der Waals surface area contributed by atoms with Gasteiger partial charge in [-0.05, 0) is 36.6 Å². The summed E-state index contributed by atoms with van der Waals surface area (Å²) in [6.07, 6.45) is 0.855. The summed E-state index contributed by atoms with van der Waals surface area (Å²) in [7, 11) is 0. The van der Waals surface area contributed by atoms with Crippen LogP contribution < -0.4 is 0 Å². The standard InChI is InChI=1S/C12H16O2/c1-8-4-11(7-14)12(5-9(8)2)10(3)6-13/h4-5,7,10,13H,6H2,1-3H3. The highest BCUT2D eigenvalue weighted by Gasteiger charge is 2.10. The van der Waals surface area contributed by atoms with Crippen molar-refractivity contribution >= 4 is 6.29 Å². The molecule has 2 nitrogen and oxygen atoms in total. The van der Waals surface area contributed by atoms with E-state index in [4.69, 9.17) is 5.11 Å². The van der Waals surface area contributed by atoms with Crippen LogP contribution in [0.1, 0.15) is 39.9 Å². The van der Waals surface area contributed by atoms with Crippen LogP contribution in [-0.4, -0.2) is 18.0 Å². The van der Waals surface area contributed by atoms with Crippen LogP contribution in [0.5, 0.6) is 0 Å². The van der Waals surface area contributed by atoms with E-state index in [9.17, 15) is 4.79 Å². The molecule has 0 aliphatic rings. The topological polar surface area (TPSA) is 37.3 Å². The number of aliphatic hydroxyl groups is 1. The van der Waals surface area contributed by atoms with E-state index in [0.29, 0.717) is 5.56 Å². The number of hydrogen-bond acceptors (Lipinski definition) is 2. The predicted molar refractivity (Wildman–Crippen MR) is 56.8 cm³/mol. The van der Waals surface area contributed by atoms with Gasteiger partial charge in [-0.25, -0.2) is 0 Å². The number of hydrogen-bond donors (Lipinski definition) is 1.